The van der Waals surface area contributed by atoms with E-state index < -0.39 is 0 Å². The first-order valence-electron chi connectivity index (χ1n) is 2.77. The lowest BCUT2D eigenvalue weighted by Gasteiger charge is -2.09. The molecular formula is C5H13NO2. The first-order valence-corrected chi connectivity index (χ1v) is 2.77. The molecule has 0 aromatic heterocycles. The van der Waals surface area contributed by atoms with E-state index in [-0.39, 0.29) is 12.7 Å². The van der Waals surface area contributed by atoms with E-state index in [9.17, 15) is 0 Å². The zero-order valence-corrected chi connectivity index (χ0v) is 5.13. The first kappa shape index (κ1) is 7.88. The molecule has 0 bridgehead atoms. The maximum absolute atomic E-state index is 8.45. The minimum absolute atomic E-state index is 0.0182. The van der Waals surface area contributed by atoms with Crippen molar-refractivity contribution in [2.75, 3.05) is 19.8 Å². The number of hydrogen-bond donors (Lipinski definition) is 2. The van der Waals surface area contributed by atoms with Gasteiger partial charge < -0.3 is 15.6 Å². The molecule has 0 spiro atoms. The molecule has 0 unspecified atom stereocenters. The quantitative estimate of drug-likeness (QED) is 0.516. The third-order valence-corrected chi connectivity index (χ3v) is 0.869. The SMILES string of the molecule is CCO[C@H](CN)CO. The van der Waals surface area contributed by atoms with Gasteiger partial charge >= 0.3 is 0 Å². The molecule has 0 aromatic carbocycles. The lowest BCUT2D eigenvalue weighted by molar-refractivity contribution is 0.0261. The Bertz CT molecular complexity index is 45.7. The average Bonchev–Trinajstić information content (AvgIpc) is 1.83. The van der Waals surface area contributed by atoms with Gasteiger partial charge in [0.2, 0.25) is 0 Å². The molecule has 0 fully saturated rings. The fourth-order valence-corrected chi connectivity index (χ4v) is 0.431. The van der Waals surface area contributed by atoms with E-state index >= 15 is 0 Å². The molecular weight excluding hydrogens is 106 g/mol. The summed E-state index contributed by atoms with van der Waals surface area (Å²) in [5.41, 5.74) is 5.18. The van der Waals surface area contributed by atoms with Crippen LogP contribution in [-0.2, 0) is 4.74 Å². The molecule has 0 amide bonds. The maximum Gasteiger partial charge on any atom is 0.0927 e. The first-order chi connectivity index (χ1) is 3.85. The molecule has 0 radical (unpaired) electrons. The van der Waals surface area contributed by atoms with E-state index in [0.717, 1.165) is 0 Å². The van der Waals surface area contributed by atoms with Crippen molar-refractivity contribution in [2.24, 2.45) is 5.73 Å². The predicted octanol–water partition coefficient (Wildman–Crippen LogP) is -0.658. The van der Waals surface area contributed by atoms with Gasteiger partial charge in [0.1, 0.15) is 0 Å². The largest absolute Gasteiger partial charge is 0.394 e. The van der Waals surface area contributed by atoms with Gasteiger partial charge in [-0.05, 0) is 6.92 Å². The van der Waals surface area contributed by atoms with Crippen LogP contribution < -0.4 is 5.73 Å². The normalized spacial score (nSPS) is 13.9. The van der Waals surface area contributed by atoms with Crippen LogP contribution >= 0.6 is 0 Å². The average molecular weight is 119 g/mol. The predicted molar refractivity (Wildman–Crippen MR) is 31.6 cm³/mol. The Morgan fingerprint density at radius 1 is 1.75 bits per heavy atom. The summed E-state index contributed by atoms with van der Waals surface area (Å²) in [7, 11) is 0. The van der Waals surface area contributed by atoms with E-state index in [1.807, 2.05) is 6.92 Å². The van der Waals surface area contributed by atoms with Crippen molar-refractivity contribution in [2.45, 2.75) is 13.0 Å². The van der Waals surface area contributed by atoms with Gasteiger partial charge in [0.15, 0.2) is 0 Å². The molecule has 0 rings (SSSR count). The van der Waals surface area contributed by atoms with Crippen molar-refractivity contribution in [3.63, 3.8) is 0 Å². The highest BCUT2D eigenvalue weighted by atomic mass is 16.5. The summed E-state index contributed by atoms with van der Waals surface area (Å²) in [5, 5.41) is 8.45. The maximum atomic E-state index is 8.45. The van der Waals surface area contributed by atoms with Gasteiger partial charge in [-0.25, -0.2) is 0 Å². The third-order valence-electron chi connectivity index (χ3n) is 0.869. The van der Waals surface area contributed by atoms with Crippen LogP contribution in [-0.4, -0.2) is 31.0 Å². The Labute approximate surface area is 49.4 Å². The Morgan fingerprint density at radius 2 is 2.38 bits per heavy atom. The second-order valence-corrected chi connectivity index (χ2v) is 1.50. The van der Waals surface area contributed by atoms with E-state index in [0.29, 0.717) is 13.2 Å². The highest BCUT2D eigenvalue weighted by Gasteiger charge is 2.00. The fraction of sp³-hybridized carbons (Fsp3) is 1.00. The van der Waals surface area contributed by atoms with Gasteiger partial charge in [0, 0.05) is 13.2 Å². The summed E-state index contributed by atoms with van der Waals surface area (Å²) >= 11 is 0. The smallest absolute Gasteiger partial charge is 0.0927 e. The Hall–Kier alpha value is -0.120. The van der Waals surface area contributed by atoms with Crippen molar-refractivity contribution in [3.05, 3.63) is 0 Å². The van der Waals surface area contributed by atoms with Gasteiger partial charge in [0.25, 0.3) is 0 Å². The number of rotatable bonds is 4. The number of aliphatic hydroxyl groups excluding tert-OH is 1. The highest BCUT2D eigenvalue weighted by Crippen LogP contribution is 1.84. The molecule has 8 heavy (non-hydrogen) atoms. The van der Waals surface area contributed by atoms with Crippen molar-refractivity contribution < 1.29 is 9.84 Å². The van der Waals surface area contributed by atoms with E-state index in [1.165, 1.54) is 0 Å². The second-order valence-electron chi connectivity index (χ2n) is 1.50. The van der Waals surface area contributed by atoms with Crippen molar-refractivity contribution in [1.29, 1.82) is 0 Å². The highest BCUT2D eigenvalue weighted by molar-refractivity contribution is 4.53. The Balaban J connectivity index is 3.07. The van der Waals surface area contributed by atoms with Crippen LogP contribution in [0.1, 0.15) is 6.92 Å². The molecule has 0 aliphatic heterocycles. The molecule has 3 N–H and O–H groups in total. The van der Waals surface area contributed by atoms with E-state index in [1.54, 1.807) is 0 Å². The molecule has 1 atom stereocenters. The molecule has 0 aromatic rings. The Morgan fingerprint density at radius 3 is 2.50 bits per heavy atom. The van der Waals surface area contributed by atoms with Gasteiger partial charge in [-0.2, -0.15) is 0 Å². The van der Waals surface area contributed by atoms with Gasteiger partial charge in [-0.1, -0.05) is 0 Å². The number of aliphatic hydroxyl groups is 1. The summed E-state index contributed by atoms with van der Waals surface area (Å²) in [6, 6.07) is 0. The van der Waals surface area contributed by atoms with Crippen molar-refractivity contribution >= 4 is 0 Å². The standard InChI is InChI=1S/C5H13NO2/c1-2-8-5(3-6)4-7/h5,7H,2-4,6H2,1H3/t5-/m1/s1. The molecule has 0 aliphatic carbocycles. The zero-order valence-electron chi connectivity index (χ0n) is 5.13. The van der Waals surface area contributed by atoms with Gasteiger partial charge in [-0.3, -0.25) is 0 Å². The van der Waals surface area contributed by atoms with Crippen LogP contribution in [0.3, 0.4) is 0 Å². The summed E-state index contributed by atoms with van der Waals surface area (Å²) < 4.78 is 4.97. The second kappa shape index (κ2) is 5.03. The van der Waals surface area contributed by atoms with Crippen molar-refractivity contribution in [3.8, 4) is 0 Å². The third kappa shape index (κ3) is 2.96. The minimum atomic E-state index is -0.167. The van der Waals surface area contributed by atoms with E-state index in [2.05, 4.69) is 0 Å². The van der Waals surface area contributed by atoms with Gasteiger partial charge in [0.05, 0.1) is 12.7 Å². The van der Waals surface area contributed by atoms with Crippen LogP contribution in [0.5, 0.6) is 0 Å². The summed E-state index contributed by atoms with van der Waals surface area (Å²) in [6.45, 7) is 2.90. The van der Waals surface area contributed by atoms with Gasteiger partial charge in [-0.15, -0.1) is 0 Å². The van der Waals surface area contributed by atoms with E-state index in [4.69, 9.17) is 15.6 Å². The Kier molecular flexibility index (Phi) is 4.95. The topological polar surface area (TPSA) is 55.5 Å². The molecule has 3 nitrogen and oxygen atoms in total. The molecule has 0 heterocycles. The number of hydrogen-bond acceptors (Lipinski definition) is 3. The molecule has 50 valence electrons. The fourth-order valence-electron chi connectivity index (χ4n) is 0.431. The number of ether oxygens (including phenoxy) is 1. The van der Waals surface area contributed by atoms with Crippen LogP contribution in [0.4, 0.5) is 0 Å². The van der Waals surface area contributed by atoms with Crippen LogP contribution in [0.15, 0.2) is 0 Å². The minimum Gasteiger partial charge on any atom is -0.394 e. The number of nitrogens with two attached hydrogens (primary N) is 1. The van der Waals surface area contributed by atoms with Crippen molar-refractivity contribution in [1.82, 2.24) is 0 Å². The summed E-state index contributed by atoms with van der Waals surface area (Å²) in [6.07, 6.45) is -0.167. The van der Waals surface area contributed by atoms with Crippen LogP contribution in [0.25, 0.3) is 0 Å². The monoisotopic (exact) mass is 119 g/mol. The van der Waals surface area contributed by atoms with Crippen LogP contribution in [0.2, 0.25) is 0 Å². The molecule has 0 aliphatic rings. The molecule has 0 saturated carbocycles. The lowest BCUT2D eigenvalue weighted by Crippen LogP contribution is -2.27. The molecule has 0 saturated heterocycles. The van der Waals surface area contributed by atoms with Crippen LogP contribution in [0, 0.1) is 0 Å². The summed E-state index contributed by atoms with van der Waals surface area (Å²) in [4.78, 5) is 0. The molecule has 3 heteroatoms. The summed E-state index contributed by atoms with van der Waals surface area (Å²) in [5.74, 6) is 0. The lowest BCUT2D eigenvalue weighted by atomic mass is 10.4. The zero-order chi connectivity index (χ0) is 6.41.